The Hall–Kier alpha value is -2.66. The van der Waals surface area contributed by atoms with Crippen LogP contribution < -0.4 is 0 Å². The number of esters is 1. The normalized spacial score (nSPS) is 18.8. The van der Waals surface area contributed by atoms with Gasteiger partial charge in [0.05, 0.1) is 19.1 Å². The second kappa shape index (κ2) is 10.2. The average Bonchev–Trinajstić information content (AvgIpc) is 3.19. The van der Waals surface area contributed by atoms with Gasteiger partial charge in [0.15, 0.2) is 0 Å². The number of nitrogens with zero attached hydrogens (tertiary/aromatic N) is 1. The molecule has 1 fully saturated rings. The SMILES string of the molecule is CCCCO[C@H]1C[C@@H](C(=O)OC)N(C(=O)C(c2ccccc2)c2ccccc2)C1. The minimum absolute atomic E-state index is 0.0978. The molecule has 1 heterocycles. The van der Waals surface area contributed by atoms with Crippen molar-refractivity contribution in [2.75, 3.05) is 20.3 Å². The zero-order valence-electron chi connectivity index (χ0n) is 17.1. The third-order valence-electron chi connectivity index (χ3n) is 5.38. The molecule has 0 aromatic heterocycles. The van der Waals surface area contributed by atoms with Crippen LogP contribution in [0.3, 0.4) is 0 Å². The fourth-order valence-corrected chi connectivity index (χ4v) is 3.85. The molecule has 1 aliphatic rings. The van der Waals surface area contributed by atoms with Gasteiger partial charge < -0.3 is 14.4 Å². The summed E-state index contributed by atoms with van der Waals surface area (Å²) in [6, 6.07) is 18.8. The molecule has 0 spiro atoms. The number of ether oxygens (including phenoxy) is 2. The third kappa shape index (κ3) is 5.04. The standard InChI is InChI=1S/C24H29NO4/c1-3-4-15-29-20-16-21(24(27)28-2)25(17-20)23(26)22(18-11-7-5-8-12-18)19-13-9-6-10-14-19/h5-14,20-22H,3-4,15-17H2,1-2H3/t20-,21-/m0/s1. The van der Waals surface area contributed by atoms with E-state index in [2.05, 4.69) is 6.92 Å². The smallest absolute Gasteiger partial charge is 0.328 e. The number of carbonyl (C=O) groups excluding carboxylic acids is 2. The lowest BCUT2D eigenvalue weighted by Crippen LogP contribution is -2.43. The first-order chi connectivity index (χ1) is 14.2. The molecule has 154 valence electrons. The van der Waals surface area contributed by atoms with Crippen LogP contribution in [0.15, 0.2) is 60.7 Å². The van der Waals surface area contributed by atoms with Crippen LogP contribution in [0.2, 0.25) is 0 Å². The van der Waals surface area contributed by atoms with E-state index in [1.807, 2.05) is 60.7 Å². The molecule has 1 aliphatic heterocycles. The van der Waals surface area contributed by atoms with Gasteiger partial charge in [0.1, 0.15) is 6.04 Å². The molecule has 0 unspecified atom stereocenters. The summed E-state index contributed by atoms with van der Waals surface area (Å²) in [4.78, 5) is 27.8. The summed E-state index contributed by atoms with van der Waals surface area (Å²) >= 11 is 0. The number of unbranched alkanes of at least 4 members (excludes halogenated alkanes) is 1. The molecule has 2 aromatic carbocycles. The first kappa shape index (κ1) is 21.1. The molecule has 3 rings (SSSR count). The Balaban J connectivity index is 1.89. The molecule has 1 amide bonds. The van der Waals surface area contributed by atoms with Crippen LogP contribution in [-0.2, 0) is 19.1 Å². The van der Waals surface area contributed by atoms with Crippen molar-refractivity contribution in [2.45, 2.75) is 44.2 Å². The van der Waals surface area contributed by atoms with Crippen LogP contribution in [0.4, 0.5) is 0 Å². The molecule has 0 N–H and O–H groups in total. The summed E-state index contributed by atoms with van der Waals surface area (Å²) in [6.07, 6.45) is 2.32. The minimum atomic E-state index is -0.617. The molecule has 0 saturated carbocycles. The second-order valence-corrected chi connectivity index (χ2v) is 7.37. The van der Waals surface area contributed by atoms with Gasteiger partial charge in [-0.15, -0.1) is 0 Å². The highest BCUT2D eigenvalue weighted by Crippen LogP contribution is 2.31. The summed E-state index contributed by atoms with van der Waals surface area (Å²) in [5, 5.41) is 0. The molecule has 0 aliphatic carbocycles. The highest BCUT2D eigenvalue weighted by molar-refractivity contribution is 5.91. The predicted octanol–water partition coefficient (Wildman–Crippen LogP) is 3.78. The van der Waals surface area contributed by atoms with Gasteiger partial charge in [-0.1, -0.05) is 74.0 Å². The van der Waals surface area contributed by atoms with Crippen LogP contribution >= 0.6 is 0 Å². The van der Waals surface area contributed by atoms with Crippen molar-refractivity contribution in [1.29, 1.82) is 0 Å². The van der Waals surface area contributed by atoms with Crippen LogP contribution in [0, 0.1) is 0 Å². The lowest BCUT2D eigenvalue weighted by atomic mass is 9.90. The topological polar surface area (TPSA) is 55.8 Å². The van der Waals surface area contributed by atoms with E-state index in [-0.39, 0.29) is 18.0 Å². The van der Waals surface area contributed by atoms with Gasteiger partial charge in [0, 0.05) is 19.6 Å². The Bertz CT molecular complexity index is 754. The van der Waals surface area contributed by atoms with Crippen LogP contribution in [-0.4, -0.2) is 49.2 Å². The van der Waals surface area contributed by atoms with Crippen molar-refractivity contribution in [1.82, 2.24) is 4.90 Å². The van der Waals surface area contributed by atoms with Crippen molar-refractivity contribution >= 4 is 11.9 Å². The quantitative estimate of drug-likeness (QED) is 0.504. The number of rotatable bonds is 8. The van der Waals surface area contributed by atoms with E-state index in [0.29, 0.717) is 19.6 Å². The summed E-state index contributed by atoms with van der Waals surface area (Å²) in [5.74, 6) is -0.960. The maximum absolute atomic E-state index is 13.7. The van der Waals surface area contributed by atoms with E-state index in [4.69, 9.17) is 9.47 Å². The van der Waals surface area contributed by atoms with E-state index in [1.54, 1.807) is 4.90 Å². The fourth-order valence-electron chi connectivity index (χ4n) is 3.85. The summed E-state index contributed by atoms with van der Waals surface area (Å²) in [6.45, 7) is 3.14. The van der Waals surface area contributed by atoms with Crippen LogP contribution in [0.1, 0.15) is 43.2 Å². The molecule has 0 bridgehead atoms. The van der Waals surface area contributed by atoms with E-state index in [1.165, 1.54) is 7.11 Å². The van der Waals surface area contributed by atoms with Gasteiger partial charge >= 0.3 is 5.97 Å². The Morgan fingerprint density at radius 1 is 1.03 bits per heavy atom. The Labute approximate surface area is 172 Å². The van der Waals surface area contributed by atoms with E-state index in [0.717, 1.165) is 24.0 Å². The maximum atomic E-state index is 13.7. The van der Waals surface area contributed by atoms with E-state index in [9.17, 15) is 9.59 Å². The van der Waals surface area contributed by atoms with Crippen molar-refractivity contribution in [3.63, 3.8) is 0 Å². The van der Waals surface area contributed by atoms with Gasteiger partial charge in [-0.25, -0.2) is 4.79 Å². The van der Waals surface area contributed by atoms with Crippen molar-refractivity contribution in [2.24, 2.45) is 0 Å². The predicted molar refractivity (Wildman–Crippen MR) is 112 cm³/mol. The Morgan fingerprint density at radius 3 is 2.14 bits per heavy atom. The number of likely N-dealkylation sites (tertiary alicyclic amines) is 1. The number of benzene rings is 2. The van der Waals surface area contributed by atoms with Crippen LogP contribution in [0.25, 0.3) is 0 Å². The van der Waals surface area contributed by atoms with Gasteiger partial charge in [-0.2, -0.15) is 0 Å². The third-order valence-corrected chi connectivity index (χ3v) is 5.38. The Kier molecular flexibility index (Phi) is 7.42. The monoisotopic (exact) mass is 395 g/mol. The van der Waals surface area contributed by atoms with E-state index < -0.39 is 12.0 Å². The van der Waals surface area contributed by atoms with Crippen molar-refractivity contribution in [3.05, 3.63) is 71.8 Å². The lowest BCUT2D eigenvalue weighted by Gasteiger charge is -2.28. The molecule has 0 radical (unpaired) electrons. The number of methoxy groups -OCH3 is 1. The summed E-state index contributed by atoms with van der Waals surface area (Å²) in [5.41, 5.74) is 1.81. The molecule has 5 heteroatoms. The summed E-state index contributed by atoms with van der Waals surface area (Å²) in [7, 11) is 1.36. The maximum Gasteiger partial charge on any atom is 0.328 e. The zero-order valence-corrected chi connectivity index (χ0v) is 17.1. The molecular formula is C24H29NO4. The molecule has 1 saturated heterocycles. The molecule has 2 atom stereocenters. The van der Waals surface area contributed by atoms with Crippen LogP contribution in [0.5, 0.6) is 0 Å². The highest BCUT2D eigenvalue weighted by Gasteiger charge is 2.43. The van der Waals surface area contributed by atoms with Gasteiger partial charge in [-0.3, -0.25) is 4.79 Å². The second-order valence-electron chi connectivity index (χ2n) is 7.37. The minimum Gasteiger partial charge on any atom is -0.467 e. The molecule has 5 nitrogen and oxygen atoms in total. The number of hydrogen-bond acceptors (Lipinski definition) is 4. The van der Waals surface area contributed by atoms with Gasteiger partial charge in [-0.05, 0) is 17.5 Å². The Morgan fingerprint density at radius 2 is 1.62 bits per heavy atom. The van der Waals surface area contributed by atoms with E-state index >= 15 is 0 Å². The molecular weight excluding hydrogens is 366 g/mol. The van der Waals surface area contributed by atoms with Crippen molar-refractivity contribution in [3.8, 4) is 0 Å². The zero-order chi connectivity index (χ0) is 20.6. The number of hydrogen-bond donors (Lipinski definition) is 0. The number of carbonyl (C=O) groups is 2. The molecule has 2 aromatic rings. The fraction of sp³-hybridized carbons (Fsp3) is 0.417. The van der Waals surface area contributed by atoms with Crippen molar-refractivity contribution < 1.29 is 19.1 Å². The highest BCUT2D eigenvalue weighted by atomic mass is 16.5. The van der Waals surface area contributed by atoms with Gasteiger partial charge in [0.2, 0.25) is 5.91 Å². The number of amides is 1. The molecule has 29 heavy (non-hydrogen) atoms. The first-order valence-electron chi connectivity index (χ1n) is 10.3. The summed E-state index contributed by atoms with van der Waals surface area (Å²) < 4.78 is 10.9. The first-order valence-corrected chi connectivity index (χ1v) is 10.3. The largest absolute Gasteiger partial charge is 0.467 e. The lowest BCUT2D eigenvalue weighted by molar-refractivity contribution is -0.151. The van der Waals surface area contributed by atoms with Gasteiger partial charge in [0.25, 0.3) is 0 Å². The average molecular weight is 395 g/mol.